The van der Waals surface area contributed by atoms with Gasteiger partial charge in [-0.15, -0.1) is 0 Å². The summed E-state index contributed by atoms with van der Waals surface area (Å²) in [5.41, 5.74) is 2.01. The van der Waals surface area contributed by atoms with Crippen molar-refractivity contribution in [1.82, 2.24) is 15.6 Å². The largest absolute Gasteiger partial charge is 0.381 e. The maximum absolute atomic E-state index is 13.2. The third-order valence-electron chi connectivity index (χ3n) is 4.22. The molecule has 0 amide bonds. The Morgan fingerprint density at radius 3 is 3.13 bits per heavy atom. The molecule has 6 heteroatoms. The lowest BCUT2D eigenvalue weighted by atomic mass is 10.1. The lowest BCUT2D eigenvalue weighted by molar-refractivity contribution is 0.186. The van der Waals surface area contributed by atoms with Gasteiger partial charge in [-0.2, -0.15) is 0 Å². The maximum atomic E-state index is 13.2. The number of aromatic nitrogens is 1. The molecule has 124 valence electrons. The summed E-state index contributed by atoms with van der Waals surface area (Å²) in [7, 11) is 1.77. The van der Waals surface area contributed by atoms with E-state index in [0.29, 0.717) is 5.92 Å². The number of aromatic amines is 1. The van der Waals surface area contributed by atoms with Gasteiger partial charge in [0, 0.05) is 49.8 Å². The fourth-order valence-corrected chi connectivity index (χ4v) is 2.89. The smallest absolute Gasteiger partial charge is 0.190 e. The van der Waals surface area contributed by atoms with Crippen molar-refractivity contribution >= 4 is 16.9 Å². The molecule has 3 N–H and O–H groups in total. The second kappa shape index (κ2) is 7.46. The molecule has 0 spiro atoms. The van der Waals surface area contributed by atoms with Gasteiger partial charge in [0.05, 0.1) is 6.61 Å². The molecular formula is C17H23FN4O. The van der Waals surface area contributed by atoms with E-state index in [0.717, 1.165) is 56.0 Å². The van der Waals surface area contributed by atoms with Crippen LogP contribution in [0.3, 0.4) is 0 Å². The first kappa shape index (κ1) is 15.8. The first-order valence-electron chi connectivity index (χ1n) is 8.04. The molecule has 5 nitrogen and oxygen atoms in total. The molecular weight excluding hydrogens is 295 g/mol. The number of hydrogen-bond acceptors (Lipinski definition) is 2. The highest BCUT2D eigenvalue weighted by Crippen LogP contribution is 2.19. The third-order valence-corrected chi connectivity index (χ3v) is 4.22. The lowest BCUT2D eigenvalue weighted by Crippen LogP contribution is -2.40. The van der Waals surface area contributed by atoms with Gasteiger partial charge in [-0.05, 0) is 36.6 Å². The summed E-state index contributed by atoms with van der Waals surface area (Å²) < 4.78 is 18.6. The minimum absolute atomic E-state index is 0.218. The number of H-pyrrole nitrogens is 1. The molecule has 1 aromatic heterocycles. The summed E-state index contributed by atoms with van der Waals surface area (Å²) in [5.74, 6) is 1.16. The summed E-state index contributed by atoms with van der Waals surface area (Å²) in [6, 6.07) is 4.84. The Kier molecular flexibility index (Phi) is 5.12. The molecule has 1 aliphatic heterocycles. The zero-order valence-corrected chi connectivity index (χ0v) is 13.4. The number of benzene rings is 1. The van der Waals surface area contributed by atoms with Crippen LogP contribution in [-0.2, 0) is 11.2 Å². The number of ether oxygens (including phenoxy) is 1. The number of rotatable bonds is 5. The summed E-state index contributed by atoms with van der Waals surface area (Å²) >= 11 is 0. The zero-order valence-electron chi connectivity index (χ0n) is 13.4. The van der Waals surface area contributed by atoms with E-state index in [-0.39, 0.29) is 5.82 Å². The summed E-state index contributed by atoms with van der Waals surface area (Å²) in [6.45, 7) is 3.34. The molecule has 1 fully saturated rings. The number of halogens is 1. The number of nitrogens with one attached hydrogen (secondary N) is 3. The summed E-state index contributed by atoms with van der Waals surface area (Å²) in [4.78, 5) is 7.35. The van der Waals surface area contributed by atoms with Gasteiger partial charge in [0.2, 0.25) is 0 Å². The third kappa shape index (κ3) is 4.01. The van der Waals surface area contributed by atoms with Gasteiger partial charge in [-0.1, -0.05) is 0 Å². The highest BCUT2D eigenvalue weighted by atomic mass is 19.1. The van der Waals surface area contributed by atoms with Crippen molar-refractivity contribution in [3.8, 4) is 0 Å². The quantitative estimate of drug-likeness (QED) is 0.584. The lowest BCUT2D eigenvalue weighted by Gasteiger charge is -2.14. The molecule has 1 atom stereocenters. The average Bonchev–Trinajstić information content (AvgIpc) is 3.20. The van der Waals surface area contributed by atoms with Crippen molar-refractivity contribution in [1.29, 1.82) is 0 Å². The van der Waals surface area contributed by atoms with Crippen LogP contribution >= 0.6 is 0 Å². The topological polar surface area (TPSA) is 61.4 Å². The standard InChI is InChI=1S/C17H23FN4O/c1-19-17(22-9-12-5-7-23-11-12)20-6-4-13-10-21-16-8-14(18)2-3-15(13)16/h2-3,8,10,12,21H,4-7,9,11H2,1H3,(H2,19,20,22). The first-order chi connectivity index (χ1) is 11.3. The molecule has 0 radical (unpaired) electrons. The number of fused-ring (bicyclic) bond motifs is 1. The van der Waals surface area contributed by atoms with Crippen LogP contribution in [0.2, 0.25) is 0 Å². The number of aliphatic imine (C=N–C) groups is 1. The molecule has 1 aliphatic rings. The van der Waals surface area contributed by atoms with Crippen molar-refractivity contribution in [3.63, 3.8) is 0 Å². The molecule has 2 aromatic rings. The molecule has 0 bridgehead atoms. The van der Waals surface area contributed by atoms with Crippen LogP contribution in [0.15, 0.2) is 29.4 Å². The van der Waals surface area contributed by atoms with E-state index in [4.69, 9.17) is 4.74 Å². The summed E-state index contributed by atoms with van der Waals surface area (Å²) in [6.07, 6.45) is 3.90. The van der Waals surface area contributed by atoms with E-state index in [1.165, 1.54) is 17.7 Å². The van der Waals surface area contributed by atoms with Crippen LogP contribution in [-0.4, -0.2) is 44.3 Å². The second-order valence-electron chi connectivity index (χ2n) is 5.86. The molecule has 1 unspecified atom stereocenters. The van der Waals surface area contributed by atoms with Crippen LogP contribution < -0.4 is 10.6 Å². The van der Waals surface area contributed by atoms with E-state index in [1.807, 2.05) is 12.3 Å². The molecule has 0 aliphatic carbocycles. The predicted molar refractivity (Wildman–Crippen MR) is 90.3 cm³/mol. The fraction of sp³-hybridized carbons (Fsp3) is 0.471. The number of guanidine groups is 1. The number of hydrogen-bond donors (Lipinski definition) is 3. The monoisotopic (exact) mass is 318 g/mol. The van der Waals surface area contributed by atoms with Gasteiger partial charge in [-0.3, -0.25) is 4.99 Å². The van der Waals surface area contributed by atoms with E-state index in [1.54, 1.807) is 7.05 Å². The van der Waals surface area contributed by atoms with Gasteiger partial charge in [-0.25, -0.2) is 4.39 Å². The van der Waals surface area contributed by atoms with Crippen molar-refractivity contribution in [2.45, 2.75) is 12.8 Å². The molecule has 1 aromatic carbocycles. The Hall–Kier alpha value is -2.08. The molecule has 1 saturated heterocycles. The van der Waals surface area contributed by atoms with Gasteiger partial charge in [0.15, 0.2) is 5.96 Å². The molecule has 0 saturated carbocycles. The van der Waals surface area contributed by atoms with Crippen LogP contribution in [0, 0.1) is 11.7 Å². The highest BCUT2D eigenvalue weighted by molar-refractivity contribution is 5.83. The Morgan fingerprint density at radius 1 is 1.43 bits per heavy atom. The maximum Gasteiger partial charge on any atom is 0.190 e. The van der Waals surface area contributed by atoms with Gasteiger partial charge < -0.3 is 20.4 Å². The van der Waals surface area contributed by atoms with E-state index >= 15 is 0 Å². The normalized spacial score (nSPS) is 18.5. The van der Waals surface area contributed by atoms with Crippen LogP contribution in [0.4, 0.5) is 4.39 Å². The Bertz CT molecular complexity index is 676. The van der Waals surface area contributed by atoms with E-state index in [9.17, 15) is 4.39 Å². The van der Waals surface area contributed by atoms with Crippen LogP contribution in [0.5, 0.6) is 0 Å². The van der Waals surface area contributed by atoms with Gasteiger partial charge in [0.25, 0.3) is 0 Å². The highest BCUT2D eigenvalue weighted by Gasteiger charge is 2.15. The fourth-order valence-electron chi connectivity index (χ4n) is 2.89. The van der Waals surface area contributed by atoms with E-state index < -0.39 is 0 Å². The minimum Gasteiger partial charge on any atom is -0.381 e. The van der Waals surface area contributed by atoms with Crippen molar-refractivity contribution < 1.29 is 9.13 Å². The summed E-state index contributed by atoms with van der Waals surface area (Å²) in [5, 5.41) is 7.72. The number of nitrogens with zero attached hydrogens (tertiary/aromatic N) is 1. The van der Waals surface area contributed by atoms with Crippen LogP contribution in [0.25, 0.3) is 10.9 Å². The molecule has 3 rings (SSSR count). The SMILES string of the molecule is CN=C(NCCc1c[nH]c2cc(F)ccc12)NCC1CCOC1. The zero-order chi connectivity index (χ0) is 16.1. The van der Waals surface area contributed by atoms with Crippen molar-refractivity contribution in [3.05, 3.63) is 35.8 Å². The van der Waals surface area contributed by atoms with E-state index in [2.05, 4.69) is 20.6 Å². The van der Waals surface area contributed by atoms with Crippen LogP contribution in [0.1, 0.15) is 12.0 Å². The van der Waals surface area contributed by atoms with Gasteiger partial charge in [0.1, 0.15) is 5.82 Å². The molecule has 2 heterocycles. The van der Waals surface area contributed by atoms with Gasteiger partial charge >= 0.3 is 0 Å². The second-order valence-corrected chi connectivity index (χ2v) is 5.86. The van der Waals surface area contributed by atoms with Crippen molar-refractivity contribution in [2.75, 3.05) is 33.4 Å². The average molecular weight is 318 g/mol. The Balaban J connectivity index is 1.48. The minimum atomic E-state index is -0.218. The Morgan fingerprint density at radius 2 is 2.35 bits per heavy atom. The Labute approximate surface area is 135 Å². The van der Waals surface area contributed by atoms with Crippen molar-refractivity contribution in [2.24, 2.45) is 10.9 Å². The molecule has 23 heavy (non-hydrogen) atoms. The first-order valence-corrected chi connectivity index (χ1v) is 8.04. The predicted octanol–water partition coefficient (Wildman–Crippen LogP) is 2.05.